The van der Waals surface area contributed by atoms with Crippen molar-refractivity contribution < 1.29 is 28.6 Å². The van der Waals surface area contributed by atoms with Gasteiger partial charge in [0, 0.05) is 30.2 Å². The third-order valence-corrected chi connectivity index (χ3v) is 5.78. The molecular weight excluding hydrogens is 460 g/mol. The van der Waals surface area contributed by atoms with Gasteiger partial charge in [0.1, 0.15) is 11.5 Å². The van der Waals surface area contributed by atoms with Crippen LogP contribution in [0.25, 0.3) is 0 Å². The quantitative estimate of drug-likeness (QED) is 0.439. The molecule has 1 saturated heterocycles. The summed E-state index contributed by atoms with van der Waals surface area (Å²) in [6, 6.07) is 13.3. The van der Waals surface area contributed by atoms with Crippen molar-refractivity contribution in [3.8, 4) is 11.5 Å². The van der Waals surface area contributed by atoms with E-state index in [1.165, 1.54) is 0 Å². The molecule has 3 rings (SSSR count). The molecule has 9 heteroatoms. The SMILES string of the molecule is CCOC(=O)Oc1ccc(C(=O)N2CCC(CNC(=O)C(C)Oc3ccc(Cl)cc3)CC2)cc1. The van der Waals surface area contributed by atoms with Crippen molar-refractivity contribution in [2.75, 3.05) is 26.2 Å². The van der Waals surface area contributed by atoms with Crippen LogP contribution in [-0.2, 0) is 9.53 Å². The van der Waals surface area contributed by atoms with Gasteiger partial charge in [-0.05, 0) is 81.1 Å². The summed E-state index contributed by atoms with van der Waals surface area (Å²) in [6.45, 7) is 5.38. The van der Waals surface area contributed by atoms with E-state index in [0.717, 1.165) is 12.8 Å². The average molecular weight is 489 g/mol. The number of halogens is 1. The summed E-state index contributed by atoms with van der Waals surface area (Å²) in [5, 5.41) is 3.55. The Kier molecular flexibility index (Phi) is 9.16. The molecule has 0 aliphatic carbocycles. The highest BCUT2D eigenvalue weighted by molar-refractivity contribution is 6.30. The van der Waals surface area contributed by atoms with Crippen LogP contribution < -0.4 is 14.8 Å². The van der Waals surface area contributed by atoms with Gasteiger partial charge in [-0.25, -0.2) is 4.79 Å². The Bertz CT molecular complexity index is 972. The van der Waals surface area contributed by atoms with E-state index in [-0.39, 0.29) is 24.3 Å². The fraction of sp³-hybridized carbons (Fsp3) is 0.400. The number of hydrogen-bond donors (Lipinski definition) is 1. The lowest BCUT2D eigenvalue weighted by Gasteiger charge is -2.32. The number of nitrogens with zero attached hydrogens (tertiary/aromatic N) is 1. The van der Waals surface area contributed by atoms with E-state index in [1.807, 2.05) is 0 Å². The lowest BCUT2D eigenvalue weighted by molar-refractivity contribution is -0.127. The molecule has 1 unspecified atom stereocenters. The largest absolute Gasteiger partial charge is 0.513 e. The number of ether oxygens (including phenoxy) is 3. The van der Waals surface area contributed by atoms with E-state index in [2.05, 4.69) is 5.32 Å². The minimum Gasteiger partial charge on any atom is -0.481 e. The molecule has 1 heterocycles. The number of amides is 2. The van der Waals surface area contributed by atoms with Crippen LogP contribution in [0.4, 0.5) is 4.79 Å². The number of benzene rings is 2. The summed E-state index contributed by atoms with van der Waals surface area (Å²) < 4.78 is 15.4. The molecule has 1 atom stereocenters. The number of rotatable bonds is 8. The first-order chi connectivity index (χ1) is 16.4. The number of piperidine rings is 1. The van der Waals surface area contributed by atoms with Crippen LogP contribution in [0.1, 0.15) is 37.0 Å². The first-order valence-electron chi connectivity index (χ1n) is 11.3. The van der Waals surface area contributed by atoms with Gasteiger partial charge in [0.25, 0.3) is 11.8 Å². The molecular formula is C25H29ClN2O6. The molecule has 0 bridgehead atoms. The summed E-state index contributed by atoms with van der Waals surface area (Å²) >= 11 is 5.86. The van der Waals surface area contributed by atoms with Crippen molar-refractivity contribution in [2.24, 2.45) is 5.92 Å². The van der Waals surface area contributed by atoms with E-state index in [9.17, 15) is 14.4 Å². The molecule has 1 aliphatic rings. The van der Waals surface area contributed by atoms with Crippen molar-refractivity contribution in [2.45, 2.75) is 32.8 Å². The Morgan fingerprint density at radius 1 is 1.03 bits per heavy atom. The number of carbonyl (C=O) groups is 3. The third-order valence-electron chi connectivity index (χ3n) is 5.53. The zero-order chi connectivity index (χ0) is 24.5. The van der Waals surface area contributed by atoms with Gasteiger partial charge in [-0.1, -0.05) is 11.6 Å². The fourth-order valence-corrected chi connectivity index (χ4v) is 3.72. The molecule has 1 aliphatic heterocycles. The summed E-state index contributed by atoms with van der Waals surface area (Å²) in [5.74, 6) is 0.933. The van der Waals surface area contributed by atoms with E-state index >= 15 is 0 Å². The predicted molar refractivity (Wildman–Crippen MR) is 127 cm³/mol. The van der Waals surface area contributed by atoms with Gasteiger partial charge in [0.15, 0.2) is 6.10 Å². The summed E-state index contributed by atoms with van der Waals surface area (Å²) in [6.07, 6.45) is 0.186. The van der Waals surface area contributed by atoms with Gasteiger partial charge in [-0.2, -0.15) is 0 Å². The maximum Gasteiger partial charge on any atom is 0.513 e. The number of likely N-dealkylation sites (tertiary alicyclic amines) is 1. The second-order valence-corrected chi connectivity index (χ2v) is 8.44. The van der Waals surface area contributed by atoms with Crippen molar-refractivity contribution in [3.63, 3.8) is 0 Å². The monoisotopic (exact) mass is 488 g/mol. The topological polar surface area (TPSA) is 94.2 Å². The van der Waals surface area contributed by atoms with Crippen molar-refractivity contribution in [3.05, 3.63) is 59.1 Å². The lowest BCUT2D eigenvalue weighted by atomic mass is 9.96. The second-order valence-electron chi connectivity index (χ2n) is 8.00. The highest BCUT2D eigenvalue weighted by Gasteiger charge is 2.25. The molecule has 0 saturated carbocycles. The van der Waals surface area contributed by atoms with Crippen molar-refractivity contribution >= 4 is 29.6 Å². The Morgan fingerprint density at radius 3 is 2.26 bits per heavy atom. The number of nitrogens with one attached hydrogen (secondary N) is 1. The highest BCUT2D eigenvalue weighted by atomic mass is 35.5. The maximum atomic E-state index is 12.8. The van der Waals surface area contributed by atoms with Gasteiger partial charge in [-0.15, -0.1) is 0 Å². The van der Waals surface area contributed by atoms with Gasteiger partial charge < -0.3 is 24.4 Å². The molecule has 8 nitrogen and oxygen atoms in total. The molecule has 0 radical (unpaired) electrons. The molecule has 182 valence electrons. The molecule has 2 amide bonds. The zero-order valence-corrected chi connectivity index (χ0v) is 20.0. The molecule has 1 fully saturated rings. The van der Waals surface area contributed by atoms with E-state index in [1.54, 1.807) is 67.3 Å². The second kappa shape index (κ2) is 12.3. The Morgan fingerprint density at radius 2 is 1.65 bits per heavy atom. The number of carbonyl (C=O) groups excluding carboxylic acids is 3. The Balaban J connectivity index is 1.40. The van der Waals surface area contributed by atoms with Crippen LogP contribution in [0.15, 0.2) is 48.5 Å². The van der Waals surface area contributed by atoms with Crippen LogP contribution in [0, 0.1) is 5.92 Å². The first kappa shape index (κ1) is 25.4. The molecule has 2 aromatic carbocycles. The standard InChI is InChI=1S/C25H29ClN2O6/c1-3-32-25(31)34-22-8-4-19(5-9-22)24(30)28-14-12-18(13-15-28)16-27-23(29)17(2)33-21-10-6-20(26)7-11-21/h4-11,17-18H,3,12-16H2,1-2H3,(H,27,29). The van der Waals surface area contributed by atoms with Gasteiger partial charge >= 0.3 is 6.16 Å². The van der Waals surface area contributed by atoms with E-state index in [4.69, 9.17) is 25.8 Å². The molecule has 0 aromatic heterocycles. The van der Waals surface area contributed by atoms with Crippen LogP contribution in [0.3, 0.4) is 0 Å². The smallest absolute Gasteiger partial charge is 0.481 e. The Hall–Kier alpha value is -3.26. The first-order valence-corrected chi connectivity index (χ1v) is 11.7. The van der Waals surface area contributed by atoms with E-state index < -0.39 is 12.3 Å². The van der Waals surface area contributed by atoms with Crippen LogP contribution in [-0.4, -0.2) is 55.2 Å². The molecule has 34 heavy (non-hydrogen) atoms. The molecule has 0 spiro atoms. The van der Waals surface area contributed by atoms with Crippen LogP contribution in [0.2, 0.25) is 5.02 Å². The molecule has 2 aromatic rings. The van der Waals surface area contributed by atoms with Gasteiger partial charge in [0.2, 0.25) is 0 Å². The summed E-state index contributed by atoms with van der Waals surface area (Å²) in [5.41, 5.74) is 0.524. The average Bonchev–Trinajstić information content (AvgIpc) is 2.84. The van der Waals surface area contributed by atoms with Crippen LogP contribution >= 0.6 is 11.6 Å². The molecule has 1 N–H and O–H groups in total. The zero-order valence-electron chi connectivity index (χ0n) is 19.3. The van der Waals surface area contributed by atoms with Crippen LogP contribution in [0.5, 0.6) is 11.5 Å². The Labute approximate surface area is 204 Å². The van der Waals surface area contributed by atoms with E-state index in [0.29, 0.717) is 41.7 Å². The highest BCUT2D eigenvalue weighted by Crippen LogP contribution is 2.21. The maximum absolute atomic E-state index is 12.8. The fourth-order valence-electron chi connectivity index (χ4n) is 3.59. The summed E-state index contributed by atoms with van der Waals surface area (Å²) in [4.78, 5) is 38.3. The summed E-state index contributed by atoms with van der Waals surface area (Å²) in [7, 11) is 0. The lowest BCUT2D eigenvalue weighted by Crippen LogP contribution is -2.43. The minimum absolute atomic E-state index is 0.0739. The third kappa shape index (κ3) is 7.38. The predicted octanol–water partition coefficient (Wildman–Crippen LogP) is 4.31. The number of hydrogen-bond acceptors (Lipinski definition) is 6. The van der Waals surface area contributed by atoms with Crippen molar-refractivity contribution in [1.29, 1.82) is 0 Å². The van der Waals surface area contributed by atoms with Gasteiger partial charge in [-0.3, -0.25) is 9.59 Å². The normalized spacial score (nSPS) is 14.7. The minimum atomic E-state index is -0.776. The van der Waals surface area contributed by atoms with Crippen molar-refractivity contribution in [1.82, 2.24) is 10.2 Å². The van der Waals surface area contributed by atoms with Gasteiger partial charge in [0.05, 0.1) is 6.61 Å².